The zero-order valence-corrected chi connectivity index (χ0v) is 23.8. The lowest BCUT2D eigenvalue weighted by Gasteiger charge is -2.37. The Bertz CT molecular complexity index is 1430. The van der Waals surface area contributed by atoms with Crippen molar-refractivity contribution in [2.24, 2.45) is 0 Å². The quantitative estimate of drug-likeness (QED) is 0.192. The van der Waals surface area contributed by atoms with Crippen LogP contribution < -0.4 is 20.8 Å². The van der Waals surface area contributed by atoms with Gasteiger partial charge in [0.05, 0.1) is 28.7 Å². The molecule has 0 atom stereocenters. The first-order chi connectivity index (χ1) is 19.5. The fourth-order valence-corrected chi connectivity index (χ4v) is 6.17. The molecule has 0 amide bonds. The number of para-hydroxylation sites is 1. The molecule has 0 bridgehead atoms. The second-order valence-corrected chi connectivity index (χ2v) is 11.3. The number of halogens is 1. The van der Waals surface area contributed by atoms with Crippen molar-refractivity contribution in [1.82, 2.24) is 19.9 Å². The normalized spacial score (nSPS) is 14.4. The highest BCUT2D eigenvalue weighted by Gasteiger charge is 2.24. The van der Waals surface area contributed by atoms with Gasteiger partial charge in [0.2, 0.25) is 14.3 Å². The summed E-state index contributed by atoms with van der Waals surface area (Å²) in [7, 11) is 4.01. The van der Waals surface area contributed by atoms with Crippen LogP contribution in [0, 0.1) is 5.82 Å². The maximum absolute atomic E-state index is 15.3. The first-order valence-electron chi connectivity index (χ1n) is 13.2. The summed E-state index contributed by atoms with van der Waals surface area (Å²) in [6, 6.07) is 15.2. The first-order valence-corrected chi connectivity index (χ1v) is 14.4. The minimum absolute atomic E-state index is 0.147. The van der Waals surface area contributed by atoms with E-state index >= 15 is 4.39 Å². The van der Waals surface area contributed by atoms with Crippen LogP contribution in [-0.2, 0) is 9.05 Å². The molecule has 1 aliphatic rings. The number of hydrogen-bond donors (Lipinski definition) is 4. The second kappa shape index (κ2) is 12.9. The van der Waals surface area contributed by atoms with Crippen molar-refractivity contribution in [2.45, 2.75) is 18.9 Å². The lowest BCUT2D eigenvalue weighted by molar-refractivity contribution is 0.161. The Kier molecular flexibility index (Phi) is 9.08. The van der Waals surface area contributed by atoms with E-state index in [1.54, 1.807) is 26.5 Å². The average Bonchev–Trinajstić information content (AvgIpc) is 3.44. The topological polar surface area (TPSA) is 111 Å². The summed E-state index contributed by atoms with van der Waals surface area (Å²) in [4.78, 5) is 16.7. The predicted molar refractivity (Wildman–Crippen MR) is 159 cm³/mol. The zero-order chi connectivity index (χ0) is 28.1. The number of aromatic nitrogens is 3. The zero-order valence-electron chi connectivity index (χ0n) is 22.9. The van der Waals surface area contributed by atoms with Gasteiger partial charge in [0.25, 0.3) is 0 Å². The molecule has 4 N–H and O–H groups in total. The van der Waals surface area contributed by atoms with Crippen LogP contribution >= 0.6 is 8.38 Å². The summed E-state index contributed by atoms with van der Waals surface area (Å²) < 4.78 is 26.3. The van der Waals surface area contributed by atoms with Gasteiger partial charge in [0.1, 0.15) is 17.3 Å². The van der Waals surface area contributed by atoms with Crippen LogP contribution in [0.25, 0.3) is 11.0 Å². The molecule has 2 aromatic carbocycles. The van der Waals surface area contributed by atoms with Crippen LogP contribution in [0.4, 0.5) is 33.2 Å². The molecule has 0 radical (unpaired) electrons. The molecule has 1 aliphatic heterocycles. The summed E-state index contributed by atoms with van der Waals surface area (Å²) in [5, 5.41) is 17.5. The number of aliphatic hydroxyl groups is 1. The summed E-state index contributed by atoms with van der Waals surface area (Å²) in [6.07, 6.45) is 3.65. The van der Waals surface area contributed by atoms with E-state index in [0.29, 0.717) is 41.4 Å². The van der Waals surface area contributed by atoms with Crippen molar-refractivity contribution >= 4 is 53.5 Å². The Balaban J connectivity index is 1.34. The number of fused-ring (bicyclic) bond motifs is 1. The number of nitrogens with one attached hydrogen (secondary N) is 3. The first kappa shape index (κ1) is 28.2. The van der Waals surface area contributed by atoms with Gasteiger partial charge in [0, 0.05) is 51.8 Å². The number of aromatic amines is 1. The summed E-state index contributed by atoms with van der Waals surface area (Å²) in [5.41, 5.74) is 2.59. The third-order valence-electron chi connectivity index (χ3n) is 7.19. The predicted octanol–water partition coefficient (Wildman–Crippen LogP) is 4.71. The van der Waals surface area contributed by atoms with Gasteiger partial charge in [-0.05, 0) is 56.3 Å². The van der Waals surface area contributed by atoms with Gasteiger partial charge in [-0.2, -0.15) is 9.97 Å². The molecule has 0 saturated carbocycles. The lowest BCUT2D eigenvalue weighted by Crippen LogP contribution is -2.44. The number of H-pyrrole nitrogens is 1. The molecule has 0 spiro atoms. The lowest BCUT2D eigenvalue weighted by atomic mass is 10.0. The maximum Gasteiger partial charge on any atom is 0.231 e. The van der Waals surface area contributed by atoms with Crippen molar-refractivity contribution < 1.29 is 18.5 Å². The van der Waals surface area contributed by atoms with Crippen LogP contribution in [0.1, 0.15) is 12.8 Å². The standard InChI is InChI=1S/C28H35FN7O3P/c1-35(16-17-37)20-11-14-36(15-12-20)24-9-8-19(18-22(24)29)31-28-33-26-21(10-13-30-26)27(34-28)32-23-6-4-5-7-25(23)40(38-2)39-3/h4-10,13,18,20,37H,11-12,14-17H2,1-3H3,(H3,30,31,32,33,34). The largest absolute Gasteiger partial charge is 0.395 e. The van der Waals surface area contributed by atoms with Crippen LogP contribution in [0.2, 0.25) is 0 Å². The molecule has 0 unspecified atom stereocenters. The van der Waals surface area contributed by atoms with Crippen LogP contribution in [0.15, 0.2) is 54.7 Å². The van der Waals surface area contributed by atoms with E-state index in [4.69, 9.17) is 14.0 Å². The molecule has 4 aromatic rings. The minimum Gasteiger partial charge on any atom is -0.395 e. The number of likely N-dealkylation sites (N-methyl/N-ethyl adjacent to an activating group) is 1. The minimum atomic E-state index is -1.26. The number of benzene rings is 2. The summed E-state index contributed by atoms with van der Waals surface area (Å²) in [6.45, 7) is 2.33. The number of aliphatic hydroxyl groups excluding tert-OH is 1. The van der Waals surface area contributed by atoms with Crippen LogP contribution in [0.5, 0.6) is 0 Å². The van der Waals surface area contributed by atoms with Gasteiger partial charge in [-0.15, -0.1) is 0 Å². The molecule has 212 valence electrons. The SMILES string of the molecule is COP(OC)c1ccccc1Nc1nc(Nc2ccc(N3CCC(N(C)CCO)CC3)c(F)c2)nc2[nH]ccc12. The second-order valence-electron chi connectivity index (χ2n) is 9.61. The smallest absolute Gasteiger partial charge is 0.231 e. The number of rotatable bonds is 11. The van der Waals surface area contributed by atoms with Crippen molar-refractivity contribution in [2.75, 3.05) is 63.0 Å². The molecule has 2 aromatic heterocycles. The van der Waals surface area contributed by atoms with E-state index in [1.165, 1.54) is 6.07 Å². The van der Waals surface area contributed by atoms with Crippen LogP contribution in [-0.4, -0.2) is 78.5 Å². The molecule has 10 nitrogen and oxygen atoms in total. The highest BCUT2D eigenvalue weighted by Crippen LogP contribution is 2.38. The molecular weight excluding hydrogens is 532 g/mol. The van der Waals surface area contributed by atoms with Crippen LogP contribution in [0.3, 0.4) is 0 Å². The summed E-state index contributed by atoms with van der Waals surface area (Å²) in [5.74, 6) is 0.623. The van der Waals surface area contributed by atoms with Gasteiger partial charge in [0.15, 0.2) is 0 Å². The van der Waals surface area contributed by atoms with E-state index in [0.717, 1.165) is 42.3 Å². The highest BCUT2D eigenvalue weighted by molar-refractivity contribution is 7.56. The molecule has 0 aliphatic carbocycles. The Hall–Kier alpha value is -3.34. The molecule has 40 heavy (non-hydrogen) atoms. The van der Waals surface area contributed by atoms with Crippen molar-refractivity contribution in [3.63, 3.8) is 0 Å². The Morgan fingerprint density at radius 1 is 1.10 bits per heavy atom. The Morgan fingerprint density at radius 2 is 1.88 bits per heavy atom. The van der Waals surface area contributed by atoms with E-state index < -0.39 is 8.38 Å². The van der Waals surface area contributed by atoms with E-state index in [2.05, 4.69) is 30.4 Å². The van der Waals surface area contributed by atoms with Crippen molar-refractivity contribution in [1.29, 1.82) is 0 Å². The highest BCUT2D eigenvalue weighted by atomic mass is 31.2. The van der Waals surface area contributed by atoms with Crippen molar-refractivity contribution in [3.05, 3.63) is 60.5 Å². The number of anilines is 5. The number of hydrogen-bond acceptors (Lipinski definition) is 9. The molecule has 1 fully saturated rings. The average molecular weight is 568 g/mol. The van der Waals surface area contributed by atoms with Gasteiger partial charge in [-0.1, -0.05) is 12.1 Å². The number of nitrogens with zero attached hydrogens (tertiary/aromatic N) is 4. The van der Waals surface area contributed by atoms with E-state index in [9.17, 15) is 5.11 Å². The van der Waals surface area contributed by atoms with Crippen molar-refractivity contribution in [3.8, 4) is 0 Å². The Morgan fingerprint density at radius 3 is 2.60 bits per heavy atom. The maximum atomic E-state index is 15.3. The molecule has 1 saturated heterocycles. The Labute approximate surface area is 234 Å². The molecular formula is C28H35FN7O3P. The fraction of sp³-hybridized carbons (Fsp3) is 0.357. The molecule has 12 heteroatoms. The fourth-order valence-electron chi connectivity index (χ4n) is 5.09. The molecule has 5 rings (SSSR count). The van der Waals surface area contributed by atoms with Gasteiger partial charge in [-0.3, -0.25) is 0 Å². The third-order valence-corrected chi connectivity index (χ3v) is 8.63. The summed E-state index contributed by atoms with van der Waals surface area (Å²) >= 11 is 0. The van der Waals surface area contributed by atoms with Gasteiger partial charge < -0.3 is 39.6 Å². The third kappa shape index (κ3) is 6.19. The molecule has 3 heterocycles. The van der Waals surface area contributed by atoms with E-state index in [1.807, 2.05) is 43.4 Å². The monoisotopic (exact) mass is 567 g/mol. The van der Waals surface area contributed by atoms with E-state index in [-0.39, 0.29) is 12.4 Å². The number of piperidine rings is 1. The van der Waals surface area contributed by atoms with Gasteiger partial charge >= 0.3 is 0 Å². The van der Waals surface area contributed by atoms with Gasteiger partial charge in [-0.25, -0.2) is 4.39 Å².